The van der Waals surface area contributed by atoms with Gasteiger partial charge in [0.05, 0.1) is 0 Å². The van der Waals surface area contributed by atoms with Gasteiger partial charge in [0.15, 0.2) is 0 Å². The molecule has 10 rings (SSSR count). The van der Waals surface area contributed by atoms with E-state index in [1.54, 1.807) is 6.20 Å². The van der Waals surface area contributed by atoms with E-state index in [1.807, 2.05) is 18.3 Å². The third-order valence-corrected chi connectivity index (χ3v) is 13.6. The van der Waals surface area contributed by atoms with Crippen LogP contribution >= 0.6 is 0 Å². The first-order valence-corrected chi connectivity index (χ1v) is 22.7. The predicted molar refractivity (Wildman–Crippen MR) is 256 cm³/mol. The minimum absolute atomic E-state index is 0. The molecule has 0 fully saturated rings. The molecule has 2 aliphatic heterocycles. The molecule has 316 valence electrons. The number of fused-ring (bicyclic) bond motifs is 3. The van der Waals surface area contributed by atoms with Gasteiger partial charge >= 0.3 is 240 Å². The van der Waals surface area contributed by atoms with Gasteiger partial charge in [0.2, 0.25) is 0 Å². The van der Waals surface area contributed by atoms with Crippen molar-refractivity contribution in [2.45, 2.75) is 52.4 Å². The molecule has 0 atom stereocenters. The second kappa shape index (κ2) is 17.0. The summed E-state index contributed by atoms with van der Waals surface area (Å²) in [6, 6.07) is 60.8. The molecule has 0 saturated heterocycles. The third kappa shape index (κ3) is 8.22. The predicted octanol–water partition coefficient (Wildman–Crippen LogP) is 12.6. The zero-order valence-electron chi connectivity index (χ0n) is 36.0. The van der Waals surface area contributed by atoms with Crippen molar-refractivity contribution in [1.82, 2.24) is 9.97 Å². The number of hydrogen-bond acceptors (Lipinski definition) is 6. The summed E-state index contributed by atoms with van der Waals surface area (Å²) in [5, 5.41) is 0. The molecule has 4 heterocycles. The summed E-state index contributed by atoms with van der Waals surface area (Å²) < 4.78 is 8.89. The number of ether oxygens (including phenoxy) is 1. The molecule has 6 aromatic carbocycles. The molecule has 2 aromatic heterocycles. The van der Waals surface area contributed by atoms with Crippen LogP contribution in [0, 0.1) is 18.8 Å². The molecule has 6 nitrogen and oxygen atoms in total. The molecule has 0 bridgehead atoms. The van der Waals surface area contributed by atoms with Crippen LogP contribution in [0.4, 0.5) is 39.9 Å². The molecule has 8 aromatic rings. The molecule has 0 amide bonds. The van der Waals surface area contributed by atoms with E-state index in [-0.39, 0.29) is 46.9 Å². The average molecular weight is 1070 g/mol. The second-order valence-corrected chi connectivity index (χ2v) is 19.9. The Morgan fingerprint density at radius 2 is 1.22 bits per heavy atom. The SMILES string of the molecule is CC(C)(C)c1ccnc(N2c3[c-]c(Oc4[c-]c(N5[CH-]N(c6c(-c7ccccc7)cccc6-c6ccccc6)c6ccc(C(C)(C)C)cc65)ccc4)cnc3[Se]c3ccccc32)c1.[Pt]. The van der Waals surface area contributed by atoms with E-state index in [0.717, 1.165) is 66.8 Å². The third-order valence-electron chi connectivity index (χ3n) is 11.4. The van der Waals surface area contributed by atoms with Crippen LogP contribution in [0.3, 0.4) is 0 Å². The van der Waals surface area contributed by atoms with Gasteiger partial charge in [-0.2, -0.15) is 0 Å². The summed E-state index contributed by atoms with van der Waals surface area (Å²) in [6.07, 6.45) is 3.68. The molecule has 0 unspecified atom stereocenters. The van der Waals surface area contributed by atoms with E-state index >= 15 is 0 Å². The zero-order valence-corrected chi connectivity index (χ0v) is 40.0. The molecule has 0 N–H and O–H groups in total. The van der Waals surface area contributed by atoms with Crippen LogP contribution in [0.5, 0.6) is 11.5 Å². The second-order valence-electron chi connectivity index (χ2n) is 17.7. The van der Waals surface area contributed by atoms with Crippen LogP contribution in [0.15, 0.2) is 164 Å². The molecular formula is C55H46N5OPtSe-3. The summed E-state index contributed by atoms with van der Waals surface area (Å²) >= 11 is -0.0125. The van der Waals surface area contributed by atoms with Gasteiger partial charge in [-0.3, -0.25) is 0 Å². The fraction of sp³-hybridized carbons (Fsp3) is 0.145. The Morgan fingerprint density at radius 1 is 0.571 bits per heavy atom. The van der Waals surface area contributed by atoms with Crippen LogP contribution in [-0.4, -0.2) is 24.9 Å². The summed E-state index contributed by atoms with van der Waals surface area (Å²) in [4.78, 5) is 16.6. The summed E-state index contributed by atoms with van der Waals surface area (Å²) in [5.41, 5.74) is 13.0. The van der Waals surface area contributed by atoms with Crippen molar-refractivity contribution in [3.05, 3.63) is 194 Å². The molecule has 63 heavy (non-hydrogen) atoms. The molecule has 0 radical (unpaired) electrons. The minimum atomic E-state index is -0.0610. The Bertz CT molecular complexity index is 2890. The molecule has 2 aliphatic rings. The smallest absolute Gasteiger partial charge is 0 e. The van der Waals surface area contributed by atoms with Crippen molar-refractivity contribution < 1.29 is 25.8 Å². The average Bonchev–Trinajstić information content (AvgIpc) is 3.67. The number of aromatic nitrogens is 2. The molecule has 8 heteroatoms. The topological polar surface area (TPSA) is 44.7 Å². The first kappa shape index (κ1) is 42.3. The van der Waals surface area contributed by atoms with Crippen LogP contribution in [0.25, 0.3) is 22.3 Å². The van der Waals surface area contributed by atoms with Gasteiger partial charge in [-0.05, 0) is 16.5 Å². The molecule has 0 saturated carbocycles. The molecule has 0 spiro atoms. The number of nitrogens with zero attached hydrogens (tertiary/aromatic N) is 5. The Labute approximate surface area is 392 Å². The van der Waals surface area contributed by atoms with Gasteiger partial charge in [0.1, 0.15) is 0 Å². The van der Waals surface area contributed by atoms with E-state index in [2.05, 4.69) is 215 Å². The van der Waals surface area contributed by atoms with Crippen molar-refractivity contribution >= 4 is 64.0 Å². The van der Waals surface area contributed by atoms with E-state index in [9.17, 15) is 0 Å². The summed E-state index contributed by atoms with van der Waals surface area (Å²) in [6.45, 7) is 15.7. The van der Waals surface area contributed by atoms with Crippen molar-refractivity contribution in [2.75, 3.05) is 14.7 Å². The van der Waals surface area contributed by atoms with E-state index < -0.39 is 0 Å². The fourth-order valence-electron chi connectivity index (χ4n) is 8.11. The minimum Gasteiger partial charge on any atom is 0 e. The van der Waals surface area contributed by atoms with Crippen LogP contribution in [0.2, 0.25) is 0 Å². The largest absolute Gasteiger partial charge is 0 e. The van der Waals surface area contributed by atoms with Gasteiger partial charge in [-0.1, -0.05) is 106 Å². The van der Waals surface area contributed by atoms with Gasteiger partial charge in [0.25, 0.3) is 0 Å². The summed E-state index contributed by atoms with van der Waals surface area (Å²) in [7, 11) is 0. The maximum absolute atomic E-state index is 6.66. The fourth-order valence-corrected chi connectivity index (χ4v) is 10.1. The van der Waals surface area contributed by atoms with Crippen LogP contribution < -0.4 is 28.5 Å². The van der Waals surface area contributed by atoms with Gasteiger partial charge < -0.3 is 0 Å². The zero-order chi connectivity index (χ0) is 42.6. The number of para-hydroxylation sites is 2. The number of benzene rings is 6. The van der Waals surface area contributed by atoms with Crippen molar-refractivity contribution in [3.8, 4) is 33.8 Å². The number of anilines is 7. The standard InChI is InChI=1S/C55H46N5OSe.Pt/c1-54(2,3)39-27-28-46-48(31-39)58(36-59(46)52-44(37-17-9-7-10-18-37)23-16-24-45(52)38-19-11-8-12-20-38)41-21-15-22-42(33-41)61-43-34-49-53(57-35-43)62-50-26-14-13-25-47(50)60(49)51-32-40(29-30-56-51)55(4,5)6;/h7-32,35-36H,1-6H3;/q-3;. The Morgan fingerprint density at radius 3 is 1.92 bits per heavy atom. The number of rotatable bonds is 7. The van der Waals surface area contributed by atoms with Gasteiger partial charge in [-0.15, -0.1) is 0 Å². The van der Waals surface area contributed by atoms with E-state index in [1.165, 1.54) is 15.6 Å². The van der Waals surface area contributed by atoms with Crippen molar-refractivity contribution in [2.24, 2.45) is 0 Å². The maximum atomic E-state index is 6.66. The van der Waals surface area contributed by atoms with E-state index in [4.69, 9.17) is 14.7 Å². The van der Waals surface area contributed by atoms with Crippen molar-refractivity contribution in [3.63, 3.8) is 0 Å². The normalized spacial score (nSPS) is 13.2. The number of hydrogen-bond donors (Lipinski definition) is 0. The summed E-state index contributed by atoms with van der Waals surface area (Å²) in [5.74, 6) is 1.91. The van der Waals surface area contributed by atoms with Gasteiger partial charge in [0, 0.05) is 32.2 Å². The molecular weight excluding hydrogens is 1020 g/mol. The van der Waals surface area contributed by atoms with Crippen LogP contribution in [-0.2, 0) is 31.9 Å². The van der Waals surface area contributed by atoms with E-state index in [0.29, 0.717) is 11.5 Å². The van der Waals surface area contributed by atoms with Crippen molar-refractivity contribution in [1.29, 1.82) is 0 Å². The van der Waals surface area contributed by atoms with Gasteiger partial charge in [-0.25, -0.2) is 0 Å². The molecule has 0 aliphatic carbocycles. The first-order chi connectivity index (χ1) is 30.0. The first-order valence-electron chi connectivity index (χ1n) is 21.0. The Hall–Kier alpha value is -5.97. The van der Waals surface area contributed by atoms with Crippen LogP contribution in [0.1, 0.15) is 52.7 Å². The Kier molecular flexibility index (Phi) is 11.4. The Balaban J connectivity index is 0.00000504. The number of pyridine rings is 2. The monoisotopic (exact) mass is 1070 g/mol. The quantitative estimate of drug-likeness (QED) is 0.117. The maximum Gasteiger partial charge on any atom is 0 e.